The van der Waals surface area contributed by atoms with Crippen LogP contribution in [0.4, 0.5) is 13.2 Å². The Morgan fingerprint density at radius 3 is 1.33 bits per heavy atom. The van der Waals surface area contributed by atoms with Crippen molar-refractivity contribution in [2.24, 2.45) is 0 Å². The minimum atomic E-state index is -4.81. The third-order valence-corrected chi connectivity index (χ3v) is 13.7. The first-order valence-corrected chi connectivity index (χ1v) is 23.1. The number of aromatic nitrogens is 2. The van der Waals surface area contributed by atoms with Crippen LogP contribution in [-0.4, -0.2) is 9.13 Å². The Labute approximate surface area is 401 Å². The molecule has 7 heteroatoms. The number of hydrogen-bond acceptors (Lipinski definition) is 2. The fourth-order valence-electron chi connectivity index (χ4n) is 10.4. The molecule has 0 spiro atoms. The van der Waals surface area contributed by atoms with E-state index in [0.717, 1.165) is 106 Å². The molecule has 70 heavy (non-hydrogen) atoms. The Balaban J connectivity index is 1.28. The van der Waals surface area contributed by atoms with Gasteiger partial charge in [-0.05, 0) is 111 Å². The summed E-state index contributed by atoms with van der Waals surface area (Å²) in [6.45, 7) is 0. The van der Waals surface area contributed by atoms with E-state index in [9.17, 15) is 10.5 Å². The van der Waals surface area contributed by atoms with Gasteiger partial charge >= 0.3 is 6.18 Å². The largest absolute Gasteiger partial charge is 0.417 e. The van der Waals surface area contributed by atoms with Gasteiger partial charge in [0.25, 0.3) is 0 Å². The zero-order chi connectivity index (χ0) is 47.5. The molecule has 0 atom stereocenters. The number of alkyl halides is 3. The maximum Gasteiger partial charge on any atom is 0.417 e. The third-order valence-electron chi connectivity index (χ3n) is 13.7. The lowest BCUT2D eigenvalue weighted by Gasteiger charge is -2.21. The standard InChI is InChI=1S/C63H39F3N4/c64-63(65,66)55-23-13-22-48(38-67)62(55)49-36-60(69-56-32-44(40-14-5-1-6-15-40)24-28-50(56)51-29-25-45(33-57(51)69)41-16-7-2-8-17-41)54(39-68)61(37-49)70-58-34-46(42-18-9-3-10-19-42)26-30-52(58)53-31-27-47(35-59(53)70)43-20-11-4-12-21-43/h1-18,20,22-37H,19,21H2. The maximum absolute atomic E-state index is 15.4. The quantitative estimate of drug-likeness (QED) is 0.173. The van der Waals surface area contributed by atoms with Crippen LogP contribution < -0.4 is 10.4 Å². The summed E-state index contributed by atoms with van der Waals surface area (Å²) >= 11 is 0. The van der Waals surface area contributed by atoms with E-state index >= 15 is 13.2 Å². The van der Waals surface area contributed by atoms with Crippen LogP contribution in [0.25, 0.3) is 99.5 Å². The third kappa shape index (κ3) is 7.07. The minimum Gasteiger partial charge on any atom is -0.308 e. The van der Waals surface area contributed by atoms with Gasteiger partial charge in [0.15, 0.2) is 0 Å². The van der Waals surface area contributed by atoms with Gasteiger partial charge in [-0.25, -0.2) is 0 Å². The number of nitrogens with zero attached hydrogens (tertiary/aromatic N) is 4. The number of benzene rings is 8. The van der Waals surface area contributed by atoms with Gasteiger partial charge in [0, 0.05) is 27.1 Å². The fourth-order valence-corrected chi connectivity index (χ4v) is 10.4. The Morgan fingerprint density at radius 1 is 0.429 bits per heavy atom. The first kappa shape index (κ1) is 42.2. The molecule has 4 nitrogen and oxygen atoms in total. The maximum atomic E-state index is 15.4. The van der Waals surface area contributed by atoms with Gasteiger partial charge in [0.1, 0.15) is 11.6 Å². The second-order valence-electron chi connectivity index (χ2n) is 17.7. The molecule has 2 aromatic heterocycles. The molecule has 0 fully saturated rings. The molecule has 0 amide bonds. The van der Waals surface area contributed by atoms with Crippen LogP contribution in [0.2, 0.25) is 0 Å². The molecule has 0 radical (unpaired) electrons. The molecule has 0 N–H and O–H groups in total. The highest BCUT2D eigenvalue weighted by molar-refractivity contribution is 6.13. The molecule has 0 aliphatic heterocycles. The normalized spacial score (nSPS) is 15.0. The summed E-state index contributed by atoms with van der Waals surface area (Å²) in [4.78, 5) is 0. The molecule has 10 aromatic rings. The lowest BCUT2D eigenvalue weighted by Crippen LogP contribution is -2.11. The van der Waals surface area contributed by atoms with Gasteiger partial charge in [0.05, 0.1) is 50.6 Å². The second kappa shape index (κ2) is 16.9. The predicted molar refractivity (Wildman–Crippen MR) is 278 cm³/mol. The van der Waals surface area contributed by atoms with Gasteiger partial charge in [-0.3, -0.25) is 0 Å². The van der Waals surface area contributed by atoms with Crippen molar-refractivity contribution < 1.29 is 13.2 Å². The van der Waals surface area contributed by atoms with E-state index < -0.39 is 11.7 Å². The van der Waals surface area contributed by atoms with Gasteiger partial charge in [-0.15, -0.1) is 0 Å². The van der Waals surface area contributed by atoms with Crippen LogP contribution in [0.5, 0.6) is 0 Å². The number of fused-ring (bicyclic) bond motifs is 6. The molecule has 2 aliphatic carbocycles. The van der Waals surface area contributed by atoms with Crippen molar-refractivity contribution in [2.45, 2.75) is 19.0 Å². The monoisotopic (exact) mass is 908 g/mol. The molecule has 0 unspecified atom stereocenters. The Bertz CT molecular complexity index is 3970. The summed E-state index contributed by atoms with van der Waals surface area (Å²) in [6.07, 6.45) is 13.1. The molecule has 332 valence electrons. The summed E-state index contributed by atoms with van der Waals surface area (Å²) in [7, 11) is 0. The van der Waals surface area contributed by atoms with E-state index in [0.29, 0.717) is 11.4 Å². The number of nitriles is 2. The van der Waals surface area contributed by atoms with Gasteiger partial charge < -0.3 is 9.13 Å². The predicted octanol–water partition coefficient (Wildman–Crippen LogP) is 15.0. The van der Waals surface area contributed by atoms with Gasteiger partial charge in [-0.2, -0.15) is 23.7 Å². The van der Waals surface area contributed by atoms with E-state index in [2.05, 4.69) is 114 Å². The van der Waals surface area contributed by atoms with E-state index in [-0.39, 0.29) is 22.3 Å². The van der Waals surface area contributed by atoms with Crippen LogP contribution in [0.3, 0.4) is 0 Å². The van der Waals surface area contributed by atoms with Gasteiger partial charge in [-0.1, -0.05) is 164 Å². The average molecular weight is 909 g/mol. The van der Waals surface area contributed by atoms with Crippen molar-refractivity contribution in [1.82, 2.24) is 9.13 Å². The molecular weight excluding hydrogens is 870 g/mol. The SMILES string of the molecule is N#Cc1cccc(C(F)(F)F)c1-c1cc(-n2c3cc(-c4ccccc4)ccc3c3ccc(-c4ccccc4)cc32)c(C#N)c(-n2c3cc(=C4C=CC=CC4)ccc3c3ccc(=C4C=CC=CC4)cc32)c1. The van der Waals surface area contributed by atoms with Crippen LogP contribution in [-0.2, 0) is 6.18 Å². The average Bonchev–Trinajstić information content (AvgIpc) is 3.92. The van der Waals surface area contributed by atoms with Gasteiger partial charge in [0.2, 0.25) is 0 Å². The topological polar surface area (TPSA) is 57.4 Å². The number of hydrogen-bond donors (Lipinski definition) is 0. The molecule has 12 rings (SSSR count). The first-order valence-electron chi connectivity index (χ1n) is 23.1. The van der Waals surface area contributed by atoms with E-state index in [4.69, 9.17) is 0 Å². The highest BCUT2D eigenvalue weighted by Gasteiger charge is 2.36. The van der Waals surface area contributed by atoms with Crippen LogP contribution >= 0.6 is 0 Å². The van der Waals surface area contributed by atoms with E-state index in [1.807, 2.05) is 89.5 Å². The van der Waals surface area contributed by atoms with Crippen LogP contribution in [0.15, 0.2) is 212 Å². The number of halogens is 3. The summed E-state index contributed by atoms with van der Waals surface area (Å²) in [6, 6.07) is 57.0. The summed E-state index contributed by atoms with van der Waals surface area (Å²) in [5, 5.41) is 28.1. The number of rotatable bonds is 5. The molecule has 0 saturated carbocycles. The van der Waals surface area contributed by atoms with E-state index in [1.54, 1.807) is 12.1 Å². The van der Waals surface area contributed by atoms with Crippen molar-refractivity contribution in [3.05, 3.63) is 240 Å². The van der Waals surface area contributed by atoms with Crippen LogP contribution in [0, 0.1) is 22.7 Å². The highest BCUT2D eigenvalue weighted by Crippen LogP contribution is 2.45. The summed E-state index contributed by atoms with van der Waals surface area (Å²) in [5.41, 5.74) is 8.96. The fraction of sp³-hybridized carbons (Fsp3) is 0.0476. The number of allylic oxidation sites excluding steroid dienone is 8. The van der Waals surface area contributed by atoms with Crippen molar-refractivity contribution >= 4 is 54.8 Å². The van der Waals surface area contributed by atoms with Crippen molar-refractivity contribution in [2.75, 3.05) is 0 Å². The molecule has 2 heterocycles. The lowest BCUT2D eigenvalue weighted by atomic mass is 9.92. The molecule has 2 aliphatic rings. The Kier molecular flexibility index (Phi) is 10.2. The van der Waals surface area contributed by atoms with E-state index in [1.165, 1.54) is 12.1 Å². The lowest BCUT2D eigenvalue weighted by molar-refractivity contribution is -0.137. The minimum absolute atomic E-state index is 0.134. The summed E-state index contributed by atoms with van der Waals surface area (Å²) in [5.74, 6) is 0. The first-order chi connectivity index (χ1) is 34.3. The smallest absolute Gasteiger partial charge is 0.308 e. The zero-order valence-electron chi connectivity index (χ0n) is 37.5. The molecule has 0 bridgehead atoms. The van der Waals surface area contributed by atoms with Crippen molar-refractivity contribution in [3.63, 3.8) is 0 Å². The molecular formula is C63H39F3N4. The highest BCUT2D eigenvalue weighted by atomic mass is 19.4. The second-order valence-corrected chi connectivity index (χ2v) is 17.7. The van der Waals surface area contributed by atoms with Crippen LogP contribution in [0.1, 0.15) is 29.5 Å². The Hall–Kier alpha value is -9.17. The van der Waals surface area contributed by atoms with Crippen molar-refractivity contribution in [1.29, 1.82) is 10.5 Å². The Morgan fingerprint density at radius 2 is 0.900 bits per heavy atom. The molecule has 8 aromatic carbocycles. The summed E-state index contributed by atoms with van der Waals surface area (Å²) < 4.78 is 50.4. The zero-order valence-corrected chi connectivity index (χ0v) is 37.5. The van der Waals surface area contributed by atoms with Crippen molar-refractivity contribution in [3.8, 4) is 56.9 Å². The molecule has 0 saturated heterocycles.